The molecule has 2 N–H and O–H groups in total. The molecule has 0 aromatic rings. The lowest BCUT2D eigenvalue weighted by atomic mass is 9.68. The van der Waals surface area contributed by atoms with Crippen LogP contribution in [-0.2, 0) is 4.79 Å². The average Bonchev–Trinajstić information content (AvgIpc) is 2.33. The van der Waals surface area contributed by atoms with E-state index in [1.54, 1.807) is 0 Å². The Labute approximate surface area is 117 Å². The summed E-state index contributed by atoms with van der Waals surface area (Å²) in [7, 11) is 0. The van der Waals surface area contributed by atoms with Crippen LogP contribution in [0.5, 0.6) is 0 Å². The molecule has 0 unspecified atom stereocenters. The van der Waals surface area contributed by atoms with Crippen LogP contribution in [0.25, 0.3) is 0 Å². The molecule has 0 bridgehead atoms. The first-order valence-electron chi connectivity index (χ1n) is 7.90. The molecule has 0 heterocycles. The summed E-state index contributed by atoms with van der Waals surface area (Å²) in [6.07, 6.45) is 9.58. The predicted octanol–water partition coefficient (Wildman–Crippen LogP) is 3.44. The quantitative estimate of drug-likeness (QED) is 0.775. The molecular formula is C16H29NO2. The van der Waals surface area contributed by atoms with Crippen LogP contribution in [0.1, 0.15) is 65.2 Å². The number of carboxylic acid groups (broad SMARTS) is 1. The third-order valence-electron chi connectivity index (χ3n) is 5.52. The van der Waals surface area contributed by atoms with Gasteiger partial charge in [-0.1, -0.05) is 39.5 Å². The highest BCUT2D eigenvalue weighted by Gasteiger charge is 2.44. The van der Waals surface area contributed by atoms with Gasteiger partial charge in [0.25, 0.3) is 0 Å². The average molecular weight is 267 g/mol. The Bertz CT molecular complexity index is 315. The first-order valence-corrected chi connectivity index (χ1v) is 7.90. The highest BCUT2D eigenvalue weighted by Crippen LogP contribution is 2.41. The standard InChI is InChI=1S/C16H29NO2/c1-15(2,13-7-4-3-5-8-13)11-17-12-16(14(18)19)9-6-10-16/h13,17H,3-12H2,1-2H3,(H,18,19). The van der Waals surface area contributed by atoms with Crippen LogP contribution in [0.4, 0.5) is 0 Å². The summed E-state index contributed by atoms with van der Waals surface area (Å²) < 4.78 is 0. The van der Waals surface area contributed by atoms with Gasteiger partial charge in [-0.2, -0.15) is 0 Å². The normalized spacial score (nSPS) is 23.9. The van der Waals surface area contributed by atoms with Crippen molar-refractivity contribution in [3.8, 4) is 0 Å². The summed E-state index contributed by atoms with van der Waals surface area (Å²) in [4.78, 5) is 11.3. The number of carboxylic acids is 1. The van der Waals surface area contributed by atoms with Gasteiger partial charge in [0, 0.05) is 13.1 Å². The van der Waals surface area contributed by atoms with Gasteiger partial charge in [0.15, 0.2) is 0 Å². The van der Waals surface area contributed by atoms with E-state index < -0.39 is 11.4 Å². The number of hydrogen-bond acceptors (Lipinski definition) is 2. The Morgan fingerprint density at radius 1 is 1.21 bits per heavy atom. The van der Waals surface area contributed by atoms with Crippen molar-refractivity contribution < 1.29 is 9.90 Å². The third kappa shape index (κ3) is 3.31. The number of nitrogens with one attached hydrogen (secondary N) is 1. The van der Waals surface area contributed by atoms with Gasteiger partial charge in [-0.3, -0.25) is 4.79 Å². The fraction of sp³-hybridized carbons (Fsp3) is 0.938. The smallest absolute Gasteiger partial charge is 0.310 e. The number of rotatable bonds is 6. The third-order valence-corrected chi connectivity index (χ3v) is 5.52. The van der Waals surface area contributed by atoms with Gasteiger partial charge < -0.3 is 10.4 Å². The fourth-order valence-corrected chi connectivity index (χ4v) is 3.72. The van der Waals surface area contributed by atoms with Crippen LogP contribution in [0.2, 0.25) is 0 Å². The van der Waals surface area contributed by atoms with Crippen LogP contribution >= 0.6 is 0 Å². The van der Waals surface area contributed by atoms with Gasteiger partial charge in [0.2, 0.25) is 0 Å². The molecule has 0 atom stereocenters. The molecule has 0 aromatic carbocycles. The van der Waals surface area contributed by atoms with Gasteiger partial charge in [0.1, 0.15) is 0 Å². The summed E-state index contributed by atoms with van der Waals surface area (Å²) in [6, 6.07) is 0. The molecule has 3 heteroatoms. The Morgan fingerprint density at radius 2 is 1.84 bits per heavy atom. The van der Waals surface area contributed by atoms with Crippen LogP contribution in [-0.4, -0.2) is 24.2 Å². The molecular weight excluding hydrogens is 238 g/mol. The minimum atomic E-state index is -0.610. The second-order valence-corrected chi connectivity index (χ2v) is 7.37. The van der Waals surface area contributed by atoms with Crippen molar-refractivity contribution >= 4 is 5.97 Å². The maximum Gasteiger partial charge on any atom is 0.310 e. The van der Waals surface area contributed by atoms with Crippen molar-refractivity contribution in [1.29, 1.82) is 0 Å². The lowest BCUT2D eigenvalue weighted by Crippen LogP contribution is -2.48. The zero-order valence-electron chi connectivity index (χ0n) is 12.5. The van der Waals surface area contributed by atoms with Crippen LogP contribution in [0.3, 0.4) is 0 Å². The van der Waals surface area contributed by atoms with E-state index in [-0.39, 0.29) is 0 Å². The Morgan fingerprint density at radius 3 is 2.32 bits per heavy atom. The Balaban J connectivity index is 1.79. The molecule has 0 saturated heterocycles. The summed E-state index contributed by atoms with van der Waals surface area (Å²) in [5.74, 6) is 0.192. The van der Waals surface area contributed by atoms with Gasteiger partial charge in [-0.15, -0.1) is 0 Å². The predicted molar refractivity (Wildman–Crippen MR) is 77.1 cm³/mol. The van der Waals surface area contributed by atoms with Crippen LogP contribution < -0.4 is 5.32 Å². The molecule has 2 rings (SSSR count). The molecule has 0 amide bonds. The van der Waals surface area contributed by atoms with E-state index in [2.05, 4.69) is 19.2 Å². The molecule has 19 heavy (non-hydrogen) atoms. The minimum Gasteiger partial charge on any atom is -0.481 e. The second kappa shape index (κ2) is 5.82. The summed E-state index contributed by atoms with van der Waals surface area (Å²) in [6.45, 7) is 6.28. The highest BCUT2D eigenvalue weighted by atomic mass is 16.4. The van der Waals surface area contributed by atoms with E-state index in [9.17, 15) is 9.90 Å². The van der Waals surface area contributed by atoms with Gasteiger partial charge in [-0.05, 0) is 37.0 Å². The molecule has 0 spiro atoms. The zero-order valence-corrected chi connectivity index (χ0v) is 12.5. The maximum atomic E-state index is 11.3. The molecule has 0 aliphatic heterocycles. The van der Waals surface area contributed by atoms with Crippen LogP contribution in [0.15, 0.2) is 0 Å². The number of carbonyl (C=O) groups is 1. The van der Waals surface area contributed by atoms with Gasteiger partial charge >= 0.3 is 5.97 Å². The molecule has 2 saturated carbocycles. The summed E-state index contributed by atoms with van der Waals surface area (Å²) in [5, 5.41) is 12.8. The zero-order chi connectivity index (χ0) is 13.9. The maximum absolute atomic E-state index is 11.3. The van der Waals surface area contributed by atoms with Crippen molar-refractivity contribution in [2.24, 2.45) is 16.7 Å². The Hall–Kier alpha value is -0.570. The van der Waals surface area contributed by atoms with Gasteiger partial charge in [0.05, 0.1) is 5.41 Å². The molecule has 2 fully saturated rings. The molecule has 0 aromatic heterocycles. The summed E-state index contributed by atoms with van der Waals surface area (Å²) >= 11 is 0. The fourth-order valence-electron chi connectivity index (χ4n) is 3.72. The van der Waals surface area contributed by atoms with Crippen molar-refractivity contribution in [1.82, 2.24) is 5.32 Å². The van der Waals surface area contributed by atoms with E-state index in [4.69, 9.17) is 0 Å². The lowest BCUT2D eigenvalue weighted by Gasteiger charge is -2.41. The topological polar surface area (TPSA) is 49.3 Å². The first kappa shape index (κ1) is 14.8. The van der Waals surface area contributed by atoms with Crippen molar-refractivity contribution in [3.05, 3.63) is 0 Å². The molecule has 110 valence electrons. The first-order chi connectivity index (χ1) is 8.96. The molecule has 0 radical (unpaired) electrons. The Kier molecular flexibility index (Phi) is 4.54. The van der Waals surface area contributed by atoms with E-state index in [1.165, 1.54) is 32.1 Å². The highest BCUT2D eigenvalue weighted by molar-refractivity contribution is 5.76. The molecule has 2 aliphatic rings. The summed E-state index contributed by atoms with van der Waals surface area (Å²) in [5.41, 5.74) is -0.160. The SMILES string of the molecule is CC(C)(CNCC1(C(=O)O)CCC1)C1CCCCC1. The van der Waals surface area contributed by atoms with E-state index in [0.29, 0.717) is 12.0 Å². The van der Waals surface area contributed by atoms with E-state index >= 15 is 0 Å². The monoisotopic (exact) mass is 267 g/mol. The van der Waals surface area contributed by atoms with Crippen molar-refractivity contribution in [3.63, 3.8) is 0 Å². The second-order valence-electron chi connectivity index (χ2n) is 7.37. The molecule has 2 aliphatic carbocycles. The van der Waals surface area contributed by atoms with E-state index in [0.717, 1.165) is 31.7 Å². The van der Waals surface area contributed by atoms with Crippen molar-refractivity contribution in [2.75, 3.05) is 13.1 Å². The number of aliphatic carboxylic acids is 1. The van der Waals surface area contributed by atoms with Crippen molar-refractivity contribution in [2.45, 2.75) is 65.2 Å². The minimum absolute atomic E-state index is 0.295. The molecule has 3 nitrogen and oxygen atoms in total. The number of hydrogen-bond donors (Lipinski definition) is 2. The van der Waals surface area contributed by atoms with Crippen LogP contribution in [0, 0.1) is 16.7 Å². The van der Waals surface area contributed by atoms with E-state index in [1.807, 2.05) is 0 Å². The largest absolute Gasteiger partial charge is 0.481 e. The lowest BCUT2D eigenvalue weighted by molar-refractivity contribution is -0.154. The van der Waals surface area contributed by atoms with Gasteiger partial charge in [-0.25, -0.2) is 0 Å².